The maximum atomic E-state index is 11.3. The zero-order valence-electron chi connectivity index (χ0n) is 10.5. The van der Waals surface area contributed by atoms with Crippen LogP contribution < -0.4 is 5.32 Å². The molecule has 0 aliphatic carbocycles. The molecule has 1 aromatic heterocycles. The number of aromatic nitrogens is 4. The van der Waals surface area contributed by atoms with E-state index in [9.17, 15) is 8.42 Å². The number of tetrazole rings is 1. The van der Waals surface area contributed by atoms with Crippen molar-refractivity contribution in [2.45, 2.75) is 12.6 Å². The minimum atomic E-state index is -3.05. The molecule has 1 aromatic carbocycles. The van der Waals surface area contributed by atoms with E-state index < -0.39 is 9.84 Å². The second kappa shape index (κ2) is 5.14. The summed E-state index contributed by atoms with van der Waals surface area (Å²) in [5, 5.41) is 15.9. The zero-order chi connectivity index (χ0) is 14.0. The Balaban J connectivity index is 1.71. The molecule has 1 aliphatic heterocycles. The quantitative estimate of drug-likeness (QED) is 0.857. The first-order valence-corrected chi connectivity index (χ1v) is 7.83. The van der Waals surface area contributed by atoms with E-state index in [2.05, 4.69) is 20.8 Å². The lowest BCUT2D eigenvalue weighted by atomic mass is 10.3. The Morgan fingerprint density at radius 3 is 2.80 bits per heavy atom. The van der Waals surface area contributed by atoms with E-state index in [1.807, 2.05) is 30.3 Å². The Hall–Kier alpha value is -2.06. The van der Waals surface area contributed by atoms with Crippen molar-refractivity contribution >= 4 is 9.84 Å². The fourth-order valence-corrected chi connectivity index (χ4v) is 3.28. The van der Waals surface area contributed by atoms with Crippen LogP contribution in [0, 0.1) is 0 Å². The van der Waals surface area contributed by atoms with Gasteiger partial charge in [0.25, 0.3) is 0 Å². The van der Waals surface area contributed by atoms with E-state index in [-0.39, 0.29) is 11.8 Å². The molecule has 2 heterocycles. The highest BCUT2D eigenvalue weighted by atomic mass is 32.2. The van der Waals surface area contributed by atoms with Gasteiger partial charge >= 0.3 is 0 Å². The lowest BCUT2D eigenvalue weighted by molar-refractivity contribution is 0.580. The van der Waals surface area contributed by atoms with Gasteiger partial charge in [-0.05, 0) is 22.6 Å². The molecule has 0 bridgehead atoms. The van der Waals surface area contributed by atoms with Crippen molar-refractivity contribution in [2.24, 2.45) is 0 Å². The average molecular weight is 291 g/mol. The summed E-state index contributed by atoms with van der Waals surface area (Å²) in [6, 6.07) is 9.33. The molecule has 1 N–H and O–H groups in total. The number of sulfone groups is 1. The molecule has 0 saturated carbocycles. The molecule has 1 atom stereocenters. The van der Waals surface area contributed by atoms with Gasteiger partial charge < -0.3 is 5.32 Å². The third-order valence-electron chi connectivity index (χ3n) is 2.99. The molecule has 0 amide bonds. The van der Waals surface area contributed by atoms with Crippen LogP contribution in [-0.2, 0) is 16.4 Å². The first kappa shape index (κ1) is 12.9. The van der Waals surface area contributed by atoms with Gasteiger partial charge in [0.15, 0.2) is 15.7 Å². The predicted molar refractivity (Wildman–Crippen MR) is 72.7 cm³/mol. The van der Waals surface area contributed by atoms with Crippen molar-refractivity contribution in [1.82, 2.24) is 25.5 Å². The fraction of sp³-hybridized carbons (Fsp3) is 0.250. The minimum absolute atomic E-state index is 0.0832. The number of nitrogens with zero attached hydrogens (tertiary/aromatic N) is 4. The Morgan fingerprint density at radius 2 is 2.10 bits per heavy atom. The molecule has 1 aliphatic rings. The van der Waals surface area contributed by atoms with Crippen LogP contribution in [0.5, 0.6) is 0 Å². The summed E-state index contributed by atoms with van der Waals surface area (Å²) in [5.74, 6) is 0.716. The third kappa shape index (κ3) is 2.75. The molecular weight excluding hydrogens is 278 g/mol. The van der Waals surface area contributed by atoms with Gasteiger partial charge in [0, 0.05) is 11.4 Å². The molecule has 8 heteroatoms. The molecule has 2 aromatic rings. The Morgan fingerprint density at radius 1 is 1.30 bits per heavy atom. The molecule has 20 heavy (non-hydrogen) atoms. The first-order valence-electron chi connectivity index (χ1n) is 6.11. The second-order valence-electron chi connectivity index (χ2n) is 4.49. The highest BCUT2D eigenvalue weighted by Gasteiger charge is 2.21. The summed E-state index contributed by atoms with van der Waals surface area (Å²) >= 11 is 0. The maximum Gasteiger partial charge on any atom is 0.173 e. The lowest BCUT2D eigenvalue weighted by Crippen LogP contribution is -2.30. The fourth-order valence-electron chi connectivity index (χ4n) is 2.01. The minimum Gasteiger partial charge on any atom is -0.302 e. The Kier molecular flexibility index (Phi) is 3.33. The number of benzene rings is 1. The Bertz CT molecular complexity index is 723. The number of hydrogen-bond acceptors (Lipinski definition) is 6. The van der Waals surface area contributed by atoms with E-state index in [1.165, 1.54) is 5.41 Å². The molecule has 0 fully saturated rings. The average Bonchev–Trinajstić information content (AvgIpc) is 3.03. The van der Waals surface area contributed by atoms with Crippen LogP contribution in [0.4, 0.5) is 0 Å². The van der Waals surface area contributed by atoms with Gasteiger partial charge in [-0.25, -0.2) is 8.42 Å². The largest absolute Gasteiger partial charge is 0.302 e. The Labute approximate surface area is 116 Å². The zero-order valence-corrected chi connectivity index (χ0v) is 11.4. The van der Waals surface area contributed by atoms with E-state index in [1.54, 1.807) is 10.8 Å². The standard InChI is InChI=1S/C12H13N5O2S/c18-20(19)7-6-10(9-20)13-8-12-14-15-16-17(12)11-4-2-1-3-5-11/h1-7,10,13H,8-9H2. The predicted octanol–water partition coefficient (Wildman–Crippen LogP) is 0.0626. The van der Waals surface area contributed by atoms with Crippen molar-refractivity contribution in [3.63, 3.8) is 0 Å². The van der Waals surface area contributed by atoms with Gasteiger partial charge in [-0.15, -0.1) is 5.10 Å². The molecular formula is C12H13N5O2S. The maximum absolute atomic E-state index is 11.3. The van der Waals surface area contributed by atoms with Crippen molar-refractivity contribution in [1.29, 1.82) is 0 Å². The SMILES string of the molecule is O=S1(=O)C=CC(NCc2nnnn2-c2ccccc2)C1. The topological polar surface area (TPSA) is 89.8 Å². The lowest BCUT2D eigenvalue weighted by Gasteiger charge is -2.09. The van der Waals surface area contributed by atoms with Crippen LogP contribution in [0.3, 0.4) is 0 Å². The smallest absolute Gasteiger partial charge is 0.173 e. The third-order valence-corrected chi connectivity index (χ3v) is 4.38. The van der Waals surface area contributed by atoms with Crippen LogP contribution in [0.15, 0.2) is 41.8 Å². The summed E-state index contributed by atoms with van der Waals surface area (Å²) in [5.41, 5.74) is 0.865. The van der Waals surface area contributed by atoms with Crippen LogP contribution in [0.2, 0.25) is 0 Å². The van der Waals surface area contributed by atoms with E-state index >= 15 is 0 Å². The van der Waals surface area contributed by atoms with E-state index in [4.69, 9.17) is 0 Å². The summed E-state index contributed by atoms with van der Waals surface area (Å²) in [6.07, 6.45) is 1.64. The van der Waals surface area contributed by atoms with Crippen LogP contribution >= 0.6 is 0 Å². The van der Waals surface area contributed by atoms with Crippen molar-refractivity contribution < 1.29 is 8.42 Å². The van der Waals surface area contributed by atoms with Crippen molar-refractivity contribution in [2.75, 3.05) is 5.75 Å². The van der Waals surface area contributed by atoms with Gasteiger partial charge in [-0.2, -0.15) is 4.68 Å². The molecule has 0 saturated heterocycles. The second-order valence-corrected chi connectivity index (χ2v) is 6.42. The highest BCUT2D eigenvalue weighted by molar-refractivity contribution is 7.94. The van der Waals surface area contributed by atoms with Crippen LogP contribution in [0.25, 0.3) is 5.69 Å². The molecule has 0 radical (unpaired) electrons. The summed E-state index contributed by atoms with van der Waals surface area (Å²) < 4.78 is 24.3. The monoisotopic (exact) mass is 291 g/mol. The van der Waals surface area contributed by atoms with Gasteiger partial charge in [-0.1, -0.05) is 24.3 Å². The number of hydrogen-bond donors (Lipinski definition) is 1. The summed E-state index contributed by atoms with van der Waals surface area (Å²) in [6.45, 7) is 0.395. The van der Waals surface area contributed by atoms with Gasteiger partial charge in [0.05, 0.1) is 18.0 Å². The molecule has 104 valence electrons. The van der Waals surface area contributed by atoms with Gasteiger partial charge in [0.2, 0.25) is 0 Å². The molecule has 0 spiro atoms. The number of nitrogens with one attached hydrogen (secondary N) is 1. The van der Waals surface area contributed by atoms with Gasteiger partial charge in [0.1, 0.15) is 0 Å². The number of para-hydroxylation sites is 1. The normalized spacial score (nSPS) is 20.3. The van der Waals surface area contributed by atoms with Crippen LogP contribution in [-0.4, -0.2) is 40.4 Å². The van der Waals surface area contributed by atoms with Crippen molar-refractivity contribution in [3.8, 4) is 5.69 Å². The van der Waals surface area contributed by atoms with Crippen LogP contribution in [0.1, 0.15) is 5.82 Å². The van der Waals surface area contributed by atoms with Crippen molar-refractivity contribution in [3.05, 3.63) is 47.6 Å². The summed E-state index contributed by atoms with van der Waals surface area (Å²) in [7, 11) is -3.05. The number of rotatable bonds is 4. The van der Waals surface area contributed by atoms with E-state index in [0.717, 1.165) is 5.69 Å². The molecule has 3 rings (SSSR count). The van der Waals surface area contributed by atoms with Gasteiger partial charge in [-0.3, -0.25) is 0 Å². The first-order chi connectivity index (χ1) is 9.64. The molecule has 7 nitrogen and oxygen atoms in total. The molecule has 1 unspecified atom stereocenters. The highest BCUT2D eigenvalue weighted by Crippen LogP contribution is 2.10. The summed E-state index contributed by atoms with van der Waals surface area (Å²) in [4.78, 5) is 0. The van der Waals surface area contributed by atoms with E-state index in [0.29, 0.717) is 12.4 Å².